The number of hydrogen-bond donors (Lipinski definition) is 1. The summed E-state index contributed by atoms with van der Waals surface area (Å²) < 4.78 is 5.91. The summed E-state index contributed by atoms with van der Waals surface area (Å²) in [6.07, 6.45) is 1.71. The Morgan fingerprint density at radius 3 is 2.15 bits per heavy atom. The molecule has 1 amide bonds. The zero-order valence-electron chi connectivity index (χ0n) is 18.2. The molecule has 0 saturated heterocycles. The highest BCUT2D eigenvalue weighted by atomic mass is 35.5. The Kier molecular flexibility index (Phi) is 6.23. The van der Waals surface area contributed by atoms with Crippen LogP contribution < -0.4 is 10.2 Å². The van der Waals surface area contributed by atoms with E-state index in [9.17, 15) is 4.79 Å². The highest BCUT2D eigenvalue weighted by Gasteiger charge is 2.12. The Morgan fingerprint density at radius 1 is 0.824 bits per heavy atom. The van der Waals surface area contributed by atoms with Gasteiger partial charge in [-0.25, -0.2) is 5.43 Å². The largest absolute Gasteiger partial charge is 0.488 e. The van der Waals surface area contributed by atoms with Crippen molar-refractivity contribution in [2.24, 2.45) is 5.10 Å². The van der Waals surface area contributed by atoms with Crippen molar-refractivity contribution in [3.05, 3.63) is 125 Å². The lowest BCUT2D eigenvalue weighted by Crippen LogP contribution is -2.18. The monoisotopic (exact) mass is 464 g/mol. The molecule has 5 rings (SSSR count). The van der Waals surface area contributed by atoms with E-state index in [1.807, 2.05) is 54.6 Å². The van der Waals surface area contributed by atoms with Gasteiger partial charge in [-0.05, 0) is 57.4 Å². The number of nitrogens with zero attached hydrogens (tertiary/aromatic N) is 1. The number of hydrazone groups is 1. The zero-order valence-corrected chi connectivity index (χ0v) is 19.0. The Labute approximate surface area is 202 Å². The summed E-state index contributed by atoms with van der Waals surface area (Å²) in [6, 6.07) is 33.0. The summed E-state index contributed by atoms with van der Waals surface area (Å²) in [6.45, 7) is 0.326. The Morgan fingerprint density at radius 2 is 1.44 bits per heavy atom. The van der Waals surface area contributed by atoms with Crippen LogP contribution in [0.3, 0.4) is 0 Å². The molecule has 0 saturated carbocycles. The van der Waals surface area contributed by atoms with E-state index in [4.69, 9.17) is 16.3 Å². The number of para-hydroxylation sites is 1. The zero-order chi connectivity index (χ0) is 23.3. The van der Waals surface area contributed by atoms with Crippen molar-refractivity contribution in [1.82, 2.24) is 5.43 Å². The van der Waals surface area contributed by atoms with Crippen LogP contribution in [0.2, 0.25) is 5.02 Å². The molecule has 0 heterocycles. The molecular formula is C29H21ClN2O2. The molecule has 5 aromatic carbocycles. The number of benzene rings is 5. The van der Waals surface area contributed by atoms with Crippen molar-refractivity contribution in [3.8, 4) is 5.75 Å². The molecule has 1 N–H and O–H groups in total. The van der Waals surface area contributed by atoms with E-state index in [0.29, 0.717) is 22.9 Å². The third-order valence-corrected chi connectivity index (χ3v) is 5.86. The second kappa shape index (κ2) is 9.77. The van der Waals surface area contributed by atoms with Crippen LogP contribution in [-0.4, -0.2) is 12.1 Å². The van der Waals surface area contributed by atoms with Crippen molar-refractivity contribution in [2.75, 3.05) is 0 Å². The number of nitrogens with one attached hydrogen (secondary N) is 1. The van der Waals surface area contributed by atoms with Crippen LogP contribution in [0.4, 0.5) is 0 Å². The van der Waals surface area contributed by atoms with Crippen LogP contribution in [0.15, 0.2) is 108 Å². The van der Waals surface area contributed by atoms with Gasteiger partial charge in [0.1, 0.15) is 12.4 Å². The standard InChI is InChI=1S/C29H21ClN2O2/c30-23-15-13-20(14-16-23)19-34-28-12-6-5-11-26(28)29(33)32-31-18-27-24-9-3-1-7-21(24)17-22-8-2-4-10-25(22)27/h1-18H,19H2,(H,32,33). The normalized spacial score (nSPS) is 11.2. The highest BCUT2D eigenvalue weighted by Crippen LogP contribution is 2.27. The maximum absolute atomic E-state index is 12.9. The first-order valence-corrected chi connectivity index (χ1v) is 11.3. The molecule has 0 atom stereocenters. The van der Waals surface area contributed by atoms with E-state index in [2.05, 4.69) is 40.9 Å². The number of hydrogen-bond acceptors (Lipinski definition) is 3. The number of ether oxygens (including phenoxy) is 1. The first kappa shape index (κ1) is 21.7. The molecule has 166 valence electrons. The van der Waals surface area contributed by atoms with Crippen LogP contribution in [0, 0.1) is 0 Å². The first-order chi connectivity index (χ1) is 16.7. The lowest BCUT2D eigenvalue weighted by atomic mass is 9.97. The summed E-state index contributed by atoms with van der Waals surface area (Å²) in [7, 11) is 0. The predicted molar refractivity (Wildman–Crippen MR) is 139 cm³/mol. The fourth-order valence-electron chi connectivity index (χ4n) is 3.93. The number of rotatable bonds is 6. The Bertz CT molecular complexity index is 1460. The Balaban J connectivity index is 1.37. The Hall–Kier alpha value is -4.15. The molecule has 5 heteroatoms. The van der Waals surface area contributed by atoms with Crippen molar-refractivity contribution >= 4 is 45.3 Å². The van der Waals surface area contributed by atoms with Crippen molar-refractivity contribution < 1.29 is 9.53 Å². The molecule has 0 aliphatic rings. The minimum atomic E-state index is -0.340. The SMILES string of the molecule is O=C(NN=Cc1c2ccccc2cc2ccccc12)c1ccccc1OCc1ccc(Cl)cc1. The molecule has 0 fully saturated rings. The third kappa shape index (κ3) is 4.63. The molecule has 5 aromatic rings. The van der Waals surface area contributed by atoms with Gasteiger partial charge in [0, 0.05) is 10.6 Å². The third-order valence-electron chi connectivity index (χ3n) is 5.61. The smallest absolute Gasteiger partial charge is 0.275 e. The van der Waals surface area contributed by atoms with Crippen LogP contribution in [0.25, 0.3) is 21.5 Å². The molecule has 0 aliphatic carbocycles. The van der Waals surface area contributed by atoms with Gasteiger partial charge in [-0.15, -0.1) is 0 Å². The quantitative estimate of drug-likeness (QED) is 0.167. The molecular weight excluding hydrogens is 444 g/mol. The molecule has 0 spiro atoms. The maximum atomic E-state index is 12.9. The molecule has 0 aromatic heterocycles. The number of amides is 1. The average Bonchev–Trinajstić information content (AvgIpc) is 2.88. The van der Waals surface area contributed by atoms with Gasteiger partial charge in [-0.2, -0.15) is 5.10 Å². The predicted octanol–water partition coefficient (Wildman–Crippen LogP) is 6.99. The summed E-state index contributed by atoms with van der Waals surface area (Å²) in [4.78, 5) is 12.9. The van der Waals surface area contributed by atoms with Crippen LogP contribution in [-0.2, 0) is 6.61 Å². The van der Waals surface area contributed by atoms with Crippen LogP contribution >= 0.6 is 11.6 Å². The highest BCUT2D eigenvalue weighted by molar-refractivity contribution is 6.30. The molecule has 0 aliphatic heterocycles. The van der Waals surface area contributed by atoms with Gasteiger partial charge in [0.05, 0.1) is 11.8 Å². The number of carbonyl (C=O) groups is 1. The molecule has 0 radical (unpaired) electrons. The average molecular weight is 465 g/mol. The van der Waals surface area contributed by atoms with E-state index in [0.717, 1.165) is 32.7 Å². The molecule has 34 heavy (non-hydrogen) atoms. The lowest BCUT2D eigenvalue weighted by Gasteiger charge is -2.11. The van der Waals surface area contributed by atoms with E-state index in [1.165, 1.54) is 0 Å². The fourth-order valence-corrected chi connectivity index (χ4v) is 4.05. The second-order valence-electron chi connectivity index (χ2n) is 7.84. The number of fused-ring (bicyclic) bond motifs is 2. The van der Waals surface area contributed by atoms with Gasteiger partial charge in [0.25, 0.3) is 5.91 Å². The maximum Gasteiger partial charge on any atom is 0.275 e. The van der Waals surface area contributed by atoms with Crippen molar-refractivity contribution in [3.63, 3.8) is 0 Å². The second-order valence-corrected chi connectivity index (χ2v) is 8.28. The molecule has 0 unspecified atom stereocenters. The van der Waals surface area contributed by atoms with Gasteiger partial charge in [-0.1, -0.05) is 84.4 Å². The van der Waals surface area contributed by atoms with Crippen molar-refractivity contribution in [2.45, 2.75) is 6.61 Å². The van der Waals surface area contributed by atoms with E-state index >= 15 is 0 Å². The minimum Gasteiger partial charge on any atom is -0.488 e. The van der Waals surface area contributed by atoms with Gasteiger partial charge in [0.15, 0.2) is 0 Å². The van der Waals surface area contributed by atoms with E-state index in [1.54, 1.807) is 24.4 Å². The van der Waals surface area contributed by atoms with Crippen LogP contribution in [0.5, 0.6) is 5.75 Å². The summed E-state index contributed by atoms with van der Waals surface area (Å²) in [5.41, 5.74) is 4.99. The molecule has 0 bridgehead atoms. The molecule has 4 nitrogen and oxygen atoms in total. The topological polar surface area (TPSA) is 50.7 Å². The summed E-state index contributed by atoms with van der Waals surface area (Å²) >= 11 is 5.95. The first-order valence-electron chi connectivity index (χ1n) is 10.9. The summed E-state index contributed by atoms with van der Waals surface area (Å²) in [5, 5.41) is 9.35. The summed E-state index contributed by atoms with van der Waals surface area (Å²) in [5.74, 6) is 0.147. The van der Waals surface area contributed by atoms with E-state index in [-0.39, 0.29) is 5.91 Å². The van der Waals surface area contributed by atoms with Crippen molar-refractivity contribution in [1.29, 1.82) is 0 Å². The number of halogens is 1. The van der Waals surface area contributed by atoms with Gasteiger partial charge in [0.2, 0.25) is 0 Å². The fraction of sp³-hybridized carbons (Fsp3) is 0.0345. The number of carbonyl (C=O) groups excluding carboxylic acids is 1. The lowest BCUT2D eigenvalue weighted by molar-refractivity contribution is 0.0950. The van der Waals surface area contributed by atoms with Gasteiger partial charge >= 0.3 is 0 Å². The minimum absolute atomic E-state index is 0.326. The van der Waals surface area contributed by atoms with Gasteiger partial charge in [-0.3, -0.25) is 4.79 Å². The van der Waals surface area contributed by atoms with E-state index < -0.39 is 0 Å². The van der Waals surface area contributed by atoms with Gasteiger partial charge < -0.3 is 4.74 Å². The van der Waals surface area contributed by atoms with Crippen LogP contribution in [0.1, 0.15) is 21.5 Å².